The molecule has 0 fully saturated rings. The monoisotopic (exact) mass is 225 g/mol. The molecular formula is C16H33. The van der Waals surface area contributed by atoms with Crippen molar-refractivity contribution in [1.29, 1.82) is 0 Å². The third-order valence-electron chi connectivity index (χ3n) is 3.67. The van der Waals surface area contributed by atoms with Gasteiger partial charge in [-0.3, -0.25) is 0 Å². The third kappa shape index (κ3) is 10.5. The first kappa shape index (κ1) is 16.0. The van der Waals surface area contributed by atoms with Crippen LogP contribution in [-0.4, -0.2) is 0 Å². The molecule has 0 rings (SSSR count). The summed E-state index contributed by atoms with van der Waals surface area (Å²) < 4.78 is 0. The molecule has 0 aromatic heterocycles. The van der Waals surface area contributed by atoms with Crippen LogP contribution in [0.2, 0.25) is 0 Å². The molecule has 0 saturated heterocycles. The number of rotatable bonds is 10. The lowest BCUT2D eigenvalue weighted by Gasteiger charge is -2.21. The van der Waals surface area contributed by atoms with Gasteiger partial charge in [0.05, 0.1) is 0 Å². The summed E-state index contributed by atoms with van der Waals surface area (Å²) in [6.07, 6.45) is 12.4. The molecule has 0 bridgehead atoms. The first-order chi connectivity index (χ1) is 7.48. The van der Waals surface area contributed by atoms with Gasteiger partial charge in [-0.05, 0) is 24.7 Å². The van der Waals surface area contributed by atoms with Crippen molar-refractivity contribution in [2.24, 2.45) is 11.3 Å². The summed E-state index contributed by atoms with van der Waals surface area (Å²) in [6.45, 7) is 13.4. The van der Waals surface area contributed by atoms with E-state index >= 15 is 0 Å². The second-order valence-corrected chi connectivity index (χ2v) is 6.22. The van der Waals surface area contributed by atoms with Crippen LogP contribution in [0.15, 0.2) is 0 Å². The molecule has 97 valence electrons. The molecule has 0 aliphatic heterocycles. The van der Waals surface area contributed by atoms with Crippen LogP contribution < -0.4 is 0 Å². The molecule has 0 aliphatic carbocycles. The van der Waals surface area contributed by atoms with Crippen molar-refractivity contribution in [2.45, 2.75) is 85.5 Å². The van der Waals surface area contributed by atoms with E-state index in [1.807, 2.05) is 0 Å². The van der Waals surface area contributed by atoms with Gasteiger partial charge < -0.3 is 0 Å². The molecular weight excluding hydrogens is 192 g/mol. The van der Waals surface area contributed by atoms with Crippen LogP contribution in [0, 0.1) is 18.3 Å². The van der Waals surface area contributed by atoms with E-state index in [0.717, 1.165) is 5.92 Å². The van der Waals surface area contributed by atoms with Gasteiger partial charge >= 0.3 is 0 Å². The van der Waals surface area contributed by atoms with Gasteiger partial charge in [0.1, 0.15) is 0 Å². The zero-order chi connectivity index (χ0) is 12.4. The van der Waals surface area contributed by atoms with Crippen molar-refractivity contribution in [3.8, 4) is 0 Å². The Morgan fingerprint density at radius 2 is 1.44 bits per heavy atom. The van der Waals surface area contributed by atoms with Crippen molar-refractivity contribution < 1.29 is 0 Å². The molecule has 0 spiro atoms. The lowest BCUT2D eigenvalue weighted by molar-refractivity contribution is 0.352. The molecule has 0 nitrogen and oxygen atoms in total. The fraction of sp³-hybridized carbons (Fsp3) is 0.938. The summed E-state index contributed by atoms with van der Waals surface area (Å²) in [4.78, 5) is 0. The number of hydrogen-bond acceptors (Lipinski definition) is 0. The molecule has 1 radical (unpaired) electrons. The smallest absolute Gasteiger partial charge is 0.0328 e. The predicted molar refractivity (Wildman–Crippen MR) is 75.5 cm³/mol. The Morgan fingerprint density at radius 1 is 0.938 bits per heavy atom. The molecule has 0 saturated carbocycles. The van der Waals surface area contributed by atoms with E-state index in [1.165, 1.54) is 57.8 Å². The van der Waals surface area contributed by atoms with Gasteiger partial charge in [0.15, 0.2) is 0 Å². The maximum atomic E-state index is 4.26. The van der Waals surface area contributed by atoms with Crippen LogP contribution in [0.4, 0.5) is 0 Å². The first-order valence-electron chi connectivity index (χ1n) is 7.33. The molecule has 16 heavy (non-hydrogen) atoms. The third-order valence-corrected chi connectivity index (χ3v) is 3.67. The van der Waals surface area contributed by atoms with E-state index in [0.29, 0.717) is 5.41 Å². The molecule has 0 heteroatoms. The highest BCUT2D eigenvalue weighted by atomic mass is 14.2. The van der Waals surface area contributed by atoms with Crippen LogP contribution in [0.25, 0.3) is 0 Å². The minimum Gasteiger partial charge on any atom is -0.0649 e. The number of unbranched alkanes of at least 4 members (excludes halogenated alkanes) is 5. The average molecular weight is 225 g/mol. The van der Waals surface area contributed by atoms with Crippen LogP contribution in [-0.2, 0) is 0 Å². The Bertz CT molecular complexity index is 144. The van der Waals surface area contributed by atoms with Crippen molar-refractivity contribution in [2.75, 3.05) is 0 Å². The normalized spacial score (nSPS) is 12.4. The Labute approximate surface area is 104 Å². The van der Waals surface area contributed by atoms with E-state index in [-0.39, 0.29) is 0 Å². The summed E-state index contributed by atoms with van der Waals surface area (Å²) in [5.41, 5.74) is 0.331. The highest BCUT2D eigenvalue weighted by Crippen LogP contribution is 2.26. The van der Waals surface area contributed by atoms with Crippen molar-refractivity contribution >= 4 is 0 Å². The van der Waals surface area contributed by atoms with Crippen molar-refractivity contribution in [3.63, 3.8) is 0 Å². The Morgan fingerprint density at radius 3 is 1.94 bits per heavy atom. The second-order valence-electron chi connectivity index (χ2n) is 6.22. The van der Waals surface area contributed by atoms with Gasteiger partial charge in [-0.2, -0.15) is 0 Å². The molecule has 0 aromatic carbocycles. The van der Waals surface area contributed by atoms with Gasteiger partial charge in [-0.25, -0.2) is 0 Å². The molecule has 0 aliphatic rings. The largest absolute Gasteiger partial charge is 0.0649 e. The van der Waals surface area contributed by atoms with Crippen LogP contribution in [0.1, 0.15) is 85.5 Å². The summed E-state index contributed by atoms with van der Waals surface area (Å²) in [5, 5.41) is 0. The SMILES string of the molecule is [CH2]C(C)(CC)CCCCCCCCC(C)C. The summed E-state index contributed by atoms with van der Waals surface area (Å²) in [7, 11) is 0. The second kappa shape index (κ2) is 9.07. The Balaban J connectivity index is 3.16. The van der Waals surface area contributed by atoms with Gasteiger partial charge in [-0.15, -0.1) is 0 Å². The van der Waals surface area contributed by atoms with Crippen LogP contribution in [0.3, 0.4) is 0 Å². The fourth-order valence-electron chi connectivity index (χ4n) is 1.99. The lowest BCUT2D eigenvalue weighted by atomic mass is 9.84. The predicted octanol–water partition coefficient (Wildman–Crippen LogP) is 6.01. The molecule has 0 amide bonds. The van der Waals surface area contributed by atoms with Crippen LogP contribution >= 0.6 is 0 Å². The fourth-order valence-corrected chi connectivity index (χ4v) is 1.99. The molecule has 0 N–H and O–H groups in total. The zero-order valence-corrected chi connectivity index (χ0v) is 12.1. The van der Waals surface area contributed by atoms with Crippen molar-refractivity contribution in [3.05, 3.63) is 6.92 Å². The summed E-state index contributed by atoms with van der Waals surface area (Å²) in [6, 6.07) is 0. The summed E-state index contributed by atoms with van der Waals surface area (Å²) in [5.74, 6) is 0.886. The van der Waals surface area contributed by atoms with Gasteiger partial charge in [-0.1, -0.05) is 79.1 Å². The molecule has 0 heterocycles. The Kier molecular flexibility index (Phi) is 9.07. The van der Waals surface area contributed by atoms with E-state index in [2.05, 4.69) is 34.6 Å². The minimum absolute atomic E-state index is 0.331. The van der Waals surface area contributed by atoms with Crippen LogP contribution in [0.5, 0.6) is 0 Å². The maximum absolute atomic E-state index is 4.26. The van der Waals surface area contributed by atoms with Gasteiger partial charge in [0.25, 0.3) is 0 Å². The van der Waals surface area contributed by atoms with Gasteiger partial charge in [0, 0.05) is 0 Å². The maximum Gasteiger partial charge on any atom is -0.0328 e. The van der Waals surface area contributed by atoms with E-state index in [9.17, 15) is 0 Å². The quantitative estimate of drug-likeness (QED) is 0.399. The minimum atomic E-state index is 0.331. The highest BCUT2D eigenvalue weighted by molar-refractivity contribution is 4.74. The van der Waals surface area contributed by atoms with E-state index in [1.54, 1.807) is 0 Å². The molecule has 1 unspecified atom stereocenters. The standard InChI is InChI=1S/C16H33/c1-6-16(4,5)14-12-10-8-7-9-11-13-15(2)3/h15H,4,6-14H2,1-3,5H3. The van der Waals surface area contributed by atoms with Gasteiger partial charge in [0.2, 0.25) is 0 Å². The lowest BCUT2D eigenvalue weighted by Crippen LogP contribution is -2.09. The van der Waals surface area contributed by atoms with E-state index in [4.69, 9.17) is 0 Å². The van der Waals surface area contributed by atoms with Crippen molar-refractivity contribution in [1.82, 2.24) is 0 Å². The molecule has 1 atom stereocenters. The van der Waals surface area contributed by atoms with E-state index < -0.39 is 0 Å². The first-order valence-corrected chi connectivity index (χ1v) is 7.33. The zero-order valence-electron chi connectivity index (χ0n) is 12.1. The summed E-state index contributed by atoms with van der Waals surface area (Å²) >= 11 is 0. The Hall–Kier alpha value is 0. The average Bonchev–Trinajstić information content (AvgIpc) is 2.21. The highest BCUT2D eigenvalue weighted by Gasteiger charge is 2.13. The topological polar surface area (TPSA) is 0 Å². The molecule has 0 aromatic rings. The number of hydrogen-bond donors (Lipinski definition) is 0.